The number of rotatable bonds is 10. The lowest BCUT2D eigenvalue weighted by Crippen LogP contribution is -2.45. The van der Waals surface area contributed by atoms with Gasteiger partial charge in [-0.25, -0.2) is 0 Å². The van der Waals surface area contributed by atoms with Gasteiger partial charge in [0, 0.05) is 16.8 Å². The van der Waals surface area contributed by atoms with E-state index in [4.69, 9.17) is 39.5 Å². The minimum absolute atomic E-state index is 0.0531. The first-order valence-corrected chi connectivity index (χ1v) is 13.8. The fraction of sp³-hybridized carbons (Fsp3) is 0.448. The first-order chi connectivity index (χ1) is 17.3. The summed E-state index contributed by atoms with van der Waals surface area (Å²) in [6.45, 7) is 15.2. The Morgan fingerprint density at radius 2 is 1.62 bits per heavy atom. The average molecular weight is 566 g/mol. The van der Waals surface area contributed by atoms with Gasteiger partial charge in [-0.15, -0.1) is 0 Å². The molecule has 5 nitrogen and oxygen atoms in total. The Labute approximate surface area is 236 Å². The van der Waals surface area contributed by atoms with Crippen molar-refractivity contribution >= 4 is 46.4 Å². The predicted molar refractivity (Wildman–Crippen MR) is 155 cm³/mol. The molecule has 1 unspecified atom stereocenters. The lowest BCUT2D eigenvalue weighted by atomic mass is 9.76. The maximum atomic E-state index is 13.2. The van der Waals surface area contributed by atoms with Gasteiger partial charge in [-0.3, -0.25) is 9.80 Å². The first kappa shape index (κ1) is 29.6. The van der Waals surface area contributed by atoms with Gasteiger partial charge in [0.1, 0.15) is 5.75 Å². The molecule has 201 valence electrons. The van der Waals surface area contributed by atoms with Crippen molar-refractivity contribution in [3.63, 3.8) is 0 Å². The van der Waals surface area contributed by atoms with Crippen LogP contribution >= 0.6 is 34.8 Å². The number of anilines is 1. The molecule has 2 N–H and O–H groups in total. The summed E-state index contributed by atoms with van der Waals surface area (Å²) < 4.78 is 6.37. The van der Waals surface area contributed by atoms with Crippen LogP contribution in [0.15, 0.2) is 42.6 Å². The van der Waals surface area contributed by atoms with Crippen molar-refractivity contribution in [2.75, 3.05) is 5.01 Å². The van der Waals surface area contributed by atoms with Gasteiger partial charge in [-0.2, -0.15) is 5.43 Å². The summed E-state index contributed by atoms with van der Waals surface area (Å²) in [6.07, 6.45) is 5.77. The number of halogens is 3. The minimum atomic E-state index is -0.670. The Morgan fingerprint density at radius 1 is 1.00 bits per heavy atom. The van der Waals surface area contributed by atoms with Crippen molar-refractivity contribution < 1.29 is 9.53 Å². The van der Waals surface area contributed by atoms with Crippen molar-refractivity contribution in [3.8, 4) is 5.75 Å². The third-order valence-corrected chi connectivity index (χ3v) is 8.10. The summed E-state index contributed by atoms with van der Waals surface area (Å²) in [7, 11) is 0. The summed E-state index contributed by atoms with van der Waals surface area (Å²) in [5.74, 6) is 0.494. The number of carbonyl (C=O) groups is 1. The Kier molecular flexibility index (Phi) is 9.50. The van der Waals surface area contributed by atoms with E-state index in [0.29, 0.717) is 33.3 Å². The lowest BCUT2D eigenvalue weighted by Gasteiger charge is -2.31. The molecule has 1 heterocycles. The van der Waals surface area contributed by atoms with Crippen LogP contribution in [0.25, 0.3) is 0 Å². The zero-order valence-electron chi connectivity index (χ0n) is 22.6. The Morgan fingerprint density at radius 3 is 2.19 bits per heavy atom. The van der Waals surface area contributed by atoms with Gasteiger partial charge in [0.25, 0.3) is 5.91 Å². The van der Waals surface area contributed by atoms with Crippen molar-refractivity contribution in [3.05, 3.63) is 75.0 Å². The van der Waals surface area contributed by atoms with Gasteiger partial charge in [0.05, 0.1) is 15.7 Å². The number of carbonyl (C=O) groups excluding carboxylic acids is 1. The molecule has 0 bridgehead atoms. The Bertz CT molecular complexity index is 1140. The number of benzene rings is 2. The highest BCUT2D eigenvalue weighted by Gasteiger charge is 2.30. The highest BCUT2D eigenvalue weighted by atomic mass is 35.5. The van der Waals surface area contributed by atoms with Crippen LogP contribution < -0.4 is 20.5 Å². The number of ether oxygens (including phenoxy) is 1. The molecule has 0 aromatic heterocycles. The maximum absolute atomic E-state index is 13.2. The van der Waals surface area contributed by atoms with Crippen LogP contribution in [0.5, 0.6) is 5.75 Å². The number of hydrogen-bond acceptors (Lipinski definition) is 4. The van der Waals surface area contributed by atoms with Gasteiger partial charge < -0.3 is 10.1 Å². The molecule has 2 aromatic carbocycles. The van der Waals surface area contributed by atoms with E-state index in [0.717, 1.165) is 24.2 Å². The van der Waals surface area contributed by atoms with E-state index in [-0.39, 0.29) is 16.7 Å². The van der Waals surface area contributed by atoms with Crippen LogP contribution in [0, 0.1) is 6.17 Å². The summed E-state index contributed by atoms with van der Waals surface area (Å²) in [4.78, 5) is 13.2. The van der Waals surface area contributed by atoms with Crippen LogP contribution in [0.4, 0.5) is 5.69 Å². The number of hydrogen-bond donors (Lipinski definition) is 2. The highest BCUT2D eigenvalue weighted by Crippen LogP contribution is 2.39. The molecule has 37 heavy (non-hydrogen) atoms. The number of nitrogens with zero attached hydrogens (tertiary/aromatic N) is 1. The van der Waals surface area contributed by atoms with Crippen LogP contribution in [0.2, 0.25) is 15.1 Å². The smallest absolute Gasteiger partial charge is 0.262 e. The first-order valence-electron chi connectivity index (χ1n) is 12.7. The second kappa shape index (κ2) is 11.9. The second-order valence-corrected chi connectivity index (χ2v) is 11.9. The van der Waals surface area contributed by atoms with Crippen molar-refractivity contribution in [1.29, 1.82) is 0 Å². The molecule has 0 saturated heterocycles. The molecule has 0 spiro atoms. The molecule has 1 radical (unpaired) electrons. The van der Waals surface area contributed by atoms with Gasteiger partial charge in [-0.1, -0.05) is 95.4 Å². The largest absolute Gasteiger partial charge is 0.480 e. The van der Waals surface area contributed by atoms with Crippen LogP contribution in [-0.4, -0.2) is 12.0 Å². The molecule has 1 amide bonds. The van der Waals surface area contributed by atoms with Crippen molar-refractivity contribution in [2.45, 2.75) is 84.7 Å². The van der Waals surface area contributed by atoms with Gasteiger partial charge in [0.15, 0.2) is 12.3 Å². The predicted octanol–water partition coefficient (Wildman–Crippen LogP) is 8.32. The number of hydrazine groups is 1. The lowest BCUT2D eigenvalue weighted by molar-refractivity contribution is -0.127. The zero-order valence-corrected chi connectivity index (χ0v) is 24.9. The third-order valence-electron chi connectivity index (χ3n) is 7.30. The molecule has 8 heteroatoms. The van der Waals surface area contributed by atoms with Crippen molar-refractivity contribution in [1.82, 2.24) is 10.7 Å². The molecule has 1 aliphatic heterocycles. The summed E-state index contributed by atoms with van der Waals surface area (Å²) in [5.41, 5.74) is 5.97. The van der Waals surface area contributed by atoms with E-state index in [2.05, 4.69) is 64.4 Å². The Hall–Kier alpha value is -1.92. The SMILES string of the molecule is CCC(Oc1ccc(C(C)(C)CC)cc1C(C)(C)CC)C(=O)N[C]1C=CN(c2c(Cl)cc(Cl)cc2Cl)N1. The minimum Gasteiger partial charge on any atom is -0.480 e. The maximum Gasteiger partial charge on any atom is 0.262 e. The summed E-state index contributed by atoms with van der Waals surface area (Å²) in [5, 5.41) is 5.77. The molecule has 0 saturated carbocycles. The van der Waals surface area contributed by atoms with E-state index in [9.17, 15) is 4.79 Å². The number of amides is 1. The average Bonchev–Trinajstić information content (AvgIpc) is 3.29. The summed E-state index contributed by atoms with van der Waals surface area (Å²) >= 11 is 18.7. The summed E-state index contributed by atoms with van der Waals surface area (Å²) in [6, 6.07) is 9.61. The van der Waals surface area contributed by atoms with E-state index in [1.807, 2.05) is 13.0 Å². The molecule has 3 rings (SSSR count). The monoisotopic (exact) mass is 564 g/mol. The highest BCUT2D eigenvalue weighted by molar-refractivity contribution is 6.41. The van der Waals surface area contributed by atoms with Crippen LogP contribution in [0.3, 0.4) is 0 Å². The van der Waals surface area contributed by atoms with Crippen molar-refractivity contribution in [2.24, 2.45) is 0 Å². The normalized spacial score (nSPS) is 15.2. The van der Waals surface area contributed by atoms with E-state index in [1.165, 1.54) is 5.56 Å². The molecule has 1 aliphatic rings. The zero-order chi connectivity index (χ0) is 27.5. The molecule has 0 aliphatic carbocycles. The topological polar surface area (TPSA) is 53.6 Å². The molecular weight excluding hydrogens is 529 g/mol. The van der Waals surface area contributed by atoms with E-state index >= 15 is 0 Å². The number of nitrogens with one attached hydrogen (secondary N) is 2. The van der Waals surface area contributed by atoms with E-state index < -0.39 is 6.10 Å². The molecular formula is C29H37Cl3N3O2. The Balaban J connectivity index is 1.77. The third kappa shape index (κ3) is 6.75. The van der Waals surface area contributed by atoms with Gasteiger partial charge in [-0.05, 0) is 59.9 Å². The molecule has 0 fully saturated rings. The van der Waals surface area contributed by atoms with Gasteiger partial charge in [0.2, 0.25) is 0 Å². The van der Waals surface area contributed by atoms with Crippen LogP contribution in [0.1, 0.15) is 78.9 Å². The second-order valence-electron chi connectivity index (χ2n) is 10.6. The van der Waals surface area contributed by atoms with Crippen LogP contribution in [-0.2, 0) is 15.6 Å². The van der Waals surface area contributed by atoms with Gasteiger partial charge >= 0.3 is 0 Å². The standard InChI is InChI=1S/C29H37Cl3N3O2/c1-8-23(37-24-12-11-18(28(4,5)9-2)15-20(24)29(6,7)10-3)27(36)33-25-13-14-35(34-25)26-21(31)16-19(30)17-22(26)32/h11-17,23,34H,8-10H2,1-7H3,(H,33,36). The van der Waals surface area contributed by atoms with E-state index in [1.54, 1.807) is 29.4 Å². The fourth-order valence-corrected chi connectivity index (χ4v) is 4.98. The quantitative estimate of drug-likeness (QED) is 0.304. The molecule has 1 atom stereocenters. The fourth-order valence-electron chi connectivity index (χ4n) is 3.98. The molecule has 2 aromatic rings.